The lowest BCUT2D eigenvalue weighted by Crippen LogP contribution is -2.28. The van der Waals surface area contributed by atoms with Crippen molar-refractivity contribution >= 4 is 17.5 Å². The summed E-state index contributed by atoms with van der Waals surface area (Å²) in [5.74, 6) is 0.788. The van der Waals surface area contributed by atoms with Crippen molar-refractivity contribution in [2.24, 2.45) is 0 Å². The van der Waals surface area contributed by atoms with Crippen molar-refractivity contribution in [3.05, 3.63) is 76.6 Å². The Morgan fingerprint density at radius 1 is 1.17 bits per heavy atom. The number of halogens is 1. The van der Waals surface area contributed by atoms with Crippen LogP contribution in [0.2, 0.25) is 5.02 Å². The SMILES string of the molecule is CCc1ccc([C@@H]2C[C@@H](c3ccccc3Cl)Nc3ncnn32)cc1. The Kier molecular flexibility index (Phi) is 3.98. The highest BCUT2D eigenvalue weighted by molar-refractivity contribution is 6.31. The number of fused-ring (bicyclic) bond motifs is 1. The van der Waals surface area contributed by atoms with Gasteiger partial charge < -0.3 is 5.32 Å². The molecule has 2 atom stereocenters. The molecule has 1 N–H and O–H groups in total. The van der Waals surface area contributed by atoms with Crippen molar-refractivity contribution in [2.45, 2.75) is 31.8 Å². The summed E-state index contributed by atoms with van der Waals surface area (Å²) in [6.07, 6.45) is 3.53. The number of hydrogen-bond donors (Lipinski definition) is 1. The Morgan fingerprint density at radius 2 is 1.96 bits per heavy atom. The molecule has 0 radical (unpaired) electrons. The largest absolute Gasteiger partial charge is 0.347 e. The second kappa shape index (κ2) is 6.29. The summed E-state index contributed by atoms with van der Waals surface area (Å²) in [7, 11) is 0. The van der Waals surface area contributed by atoms with Crippen LogP contribution in [0.15, 0.2) is 54.9 Å². The molecule has 0 saturated carbocycles. The lowest BCUT2D eigenvalue weighted by molar-refractivity contribution is 0.431. The highest BCUT2D eigenvalue weighted by Gasteiger charge is 2.30. The summed E-state index contributed by atoms with van der Waals surface area (Å²) in [5, 5.41) is 8.66. The first-order valence-corrected chi connectivity index (χ1v) is 8.63. The summed E-state index contributed by atoms with van der Waals surface area (Å²) >= 11 is 6.41. The molecule has 4 nitrogen and oxygen atoms in total. The Morgan fingerprint density at radius 3 is 2.71 bits per heavy atom. The Balaban J connectivity index is 1.72. The van der Waals surface area contributed by atoms with E-state index < -0.39 is 0 Å². The van der Waals surface area contributed by atoms with E-state index in [1.54, 1.807) is 6.33 Å². The van der Waals surface area contributed by atoms with Crippen LogP contribution < -0.4 is 5.32 Å². The second-order valence-electron chi connectivity index (χ2n) is 6.09. The van der Waals surface area contributed by atoms with E-state index in [-0.39, 0.29) is 12.1 Å². The van der Waals surface area contributed by atoms with E-state index in [0.717, 1.165) is 29.4 Å². The normalized spacial score (nSPS) is 19.6. The number of rotatable bonds is 3. The van der Waals surface area contributed by atoms with Gasteiger partial charge in [-0.05, 0) is 35.6 Å². The zero-order valence-corrected chi connectivity index (χ0v) is 14.2. The van der Waals surface area contributed by atoms with Crippen LogP contribution >= 0.6 is 11.6 Å². The average Bonchev–Trinajstić information content (AvgIpc) is 3.10. The summed E-state index contributed by atoms with van der Waals surface area (Å²) in [6.45, 7) is 2.17. The molecule has 1 aromatic heterocycles. The van der Waals surface area contributed by atoms with Gasteiger partial charge in [0.1, 0.15) is 6.33 Å². The van der Waals surface area contributed by atoms with Gasteiger partial charge in [-0.2, -0.15) is 10.1 Å². The highest BCUT2D eigenvalue weighted by Crippen LogP contribution is 2.39. The maximum atomic E-state index is 6.41. The maximum absolute atomic E-state index is 6.41. The smallest absolute Gasteiger partial charge is 0.222 e. The predicted molar refractivity (Wildman–Crippen MR) is 96.4 cm³/mol. The molecule has 0 fully saturated rings. The quantitative estimate of drug-likeness (QED) is 0.756. The predicted octanol–water partition coefficient (Wildman–Crippen LogP) is 4.64. The highest BCUT2D eigenvalue weighted by atomic mass is 35.5. The molecular formula is C19H19ClN4. The van der Waals surface area contributed by atoms with E-state index in [4.69, 9.17) is 11.6 Å². The molecule has 0 unspecified atom stereocenters. The standard InChI is InChI=1S/C19H19ClN4/c1-2-13-7-9-14(10-8-13)18-11-17(15-5-3-4-6-16(15)20)23-19-21-12-22-24(18)19/h3-10,12,17-18H,2,11H2,1H3,(H,21,22,23)/t17-,18-/m0/s1. The molecular weight excluding hydrogens is 320 g/mol. The number of aromatic nitrogens is 3. The van der Waals surface area contributed by atoms with E-state index >= 15 is 0 Å². The molecule has 5 heteroatoms. The van der Waals surface area contributed by atoms with Gasteiger partial charge in [-0.1, -0.05) is 61.0 Å². The van der Waals surface area contributed by atoms with Crippen LogP contribution in [0.1, 0.15) is 42.1 Å². The molecule has 1 aliphatic heterocycles. The first-order valence-electron chi connectivity index (χ1n) is 8.25. The number of hydrogen-bond acceptors (Lipinski definition) is 3. The lowest BCUT2D eigenvalue weighted by Gasteiger charge is -2.32. The third-order valence-electron chi connectivity index (χ3n) is 4.68. The molecule has 24 heavy (non-hydrogen) atoms. The van der Waals surface area contributed by atoms with Crippen LogP contribution in [0.25, 0.3) is 0 Å². The van der Waals surface area contributed by atoms with Gasteiger partial charge in [0.05, 0.1) is 12.1 Å². The summed E-state index contributed by atoms with van der Waals surface area (Å²) in [6, 6.07) is 17.0. The molecule has 4 rings (SSSR count). The second-order valence-corrected chi connectivity index (χ2v) is 6.50. The first kappa shape index (κ1) is 15.2. The summed E-state index contributed by atoms with van der Waals surface area (Å²) in [5.41, 5.74) is 3.69. The van der Waals surface area contributed by atoms with Crippen LogP contribution in [0, 0.1) is 0 Å². The van der Waals surface area contributed by atoms with Gasteiger partial charge in [0, 0.05) is 5.02 Å². The number of nitrogens with one attached hydrogen (secondary N) is 1. The molecule has 0 bridgehead atoms. The van der Waals surface area contributed by atoms with Gasteiger partial charge in [0.2, 0.25) is 5.95 Å². The van der Waals surface area contributed by atoms with Gasteiger partial charge >= 0.3 is 0 Å². The van der Waals surface area contributed by atoms with Crippen LogP contribution in [0.3, 0.4) is 0 Å². The van der Waals surface area contributed by atoms with Gasteiger partial charge in [-0.3, -0.25) is 0 Å². The van der Waals surface area contributed by atoms with Crippen molar-refractivity contribution < 1.29 is 0 Å². The van der Waals surface area contributed by atoms with E-state index in [1.165, 1.54) is 11.1 Å². The number of nitrogens with zero attached hydrogens (tertiary/aromatic N) is 3. The number of benzene rings is 2. The first-order chi connectivity index (χ1) is 11.8. The van der Waals surface area contributed by atoms with Crippen LogP contribution in [0.5, 0.6) is 0 Å². The number of aryl methyl sites for hydroxylation is 1. The molecule has 122 valence electrons. The van der Waals surface area contributed by atoms with Gasteiger partial charge in [-0.15, -0.1) is 0 Å². The minimum atomic E-state index is 0.117. The fourth-order valence-corrected chi connectivity index (χ4v) is 3.60. The summed E-state index contributed by atoms with van der Waals surface area (Å²) in [4.78, 5) is 4.37. The zero-order chi connectivity index (χ0) is 16.5. The minimum Gasteiger partial charge on any atom is -0.347 e. The van der Waals surface area contributed by atoms with Crippen molar-refractivity contribution in [3.63, 3.8) is 0 Å². The molecule has 2 heterocycles. The van der Waals surface area contributed by atoms with Crippen molar-refractivity contribution in [1.82, 2.24) is 14.8 Å². The minimum absolute atomic E-state index is 0.117. The Labute approximate surface area is 146 Å². The Hall–Kier alpha value is -2.33. The Bertz CT molecular complexity index is 841. The van der Waals surface area contributed by atoms with Crippen molar-refractivity contribution in [3.8, 4) is 0 Å². The third kappa shape index (κ3) is 2.67. The molecule has 0 saturated heterocycles. The molecule has 0 spiro atoms. The molecule has 2 aromatic carbocycles. The van der Waals surface area contributed by atoms with E-state index in [2.05, 4.69) is 52.7 Å². The third-order valence-corrected chi connectivity index (χ3v) is 5.03. The molecule has 1 aliphatic rings. The maximum Gasteiger partial charge on any atom is 0.222 e. The molecule has 0 aliphatic carbocycles. The van der Waals surface area contributed by atoms with Crippen molar-refractivity contribution in [1.29, 1.82) is 0 Å². The topological polar surface area (TPSA) is 42.7 Å². The van der Waals surface area contributed by atoms with Crippen LogP contribution in [-0.2, 0) is 6.42 Å². The van der Waals surface area contributed by atoms with Gasteiger partial charge in [-0.25, -0.2) is 4.68 Å². The van der Waals surface area contributed by atoms with E-state index in [1.807, 2.05) is 22.9 Å². The van der Waals surface area contributed by atoms with Crippen LogP contribution in [-0.4, -0.2) is 14.8 Å². The summed E-state index contributed by atoms with van der Waals surface area (Å²) < 4.78 is 1.97. The van der Waals surface area contributed by atoms with Crippen molar-refractivity contribution in [2.75, 3.05) is 5.32 Å². The van der Waals surface area contributed by atoms with Gasteiger partial charge in [0.25, 0.3) is 0 Å². The van der Waals surface area contributed by atoms with Crippen LogP contribution in [0.4, 0.5) is 5.95 Å². The van der Waals surface area contributed by atoms with E-state index in [9.17, 15) is 0 Å². The average molecular weight is 339 g/mol. The monoisotopic (exact) mass is 338 g/mol. The molecule has 3 aromatic rings. The number of anilines is 1. The fourth-order valence-electron chi connectivity index (χ4n) is 3.33. The van der Waals surface area contributed by atoms with Gasteiger partial charge in [0.15, 0.2) is 0 Å². The fraction of sp³-hybridized carbons (Fsp3) is 0.263. The zero-order valence-electron chi connectivity index (χ0n) is 13.5. The molecule has 0 amide bonds. The lowest BCUT2D eigenvalue weighted by atomic mass is 9.93. The van der Waals surface area contributed by atoms with E-state index in [0.29, 0.717) is 0 Å².